The molecule has 5 nitrogen and oxygen atoms in total. The van der Waals surface area contributed by atoms with Crippen molar-refractivity contribution in [3.63, 3.8) is 0 Å². The van der Waals surface area contributed by atoms with Gasteiger partial charge in [-0.25, -0.2) is 10.8 Å². The number of nitrogens with two attached hydrogens (primary N) is 1. The maximum atomic E-state index is 11.2. The number of amides is 1. The number of hydrazine groups is 1. The molecule has 0 spiro atoms. The average Bonchev–Trinajstić information content (AvgIpc) is 2.54. The summed E-state index contributed by atoms with van der Waals surface area (Å²) in [7, 11) is 3.96. The van der Waals surface area contributed by atoms with Crippen LogP contribution >= 0.6 is 0 Å². The van der Waals surface area contributed by atoms with Gasteiger partial charge < -0.3 is 4.90 Å². The van der Waals surface area contributed by atoms with Gasteiger partial charge in [-0.2, -0.15) is 0 Å². The fraction of sp³-hybridized carbons (Fsp3) is 0.333. The lowest BCUT2D eigenvalue weighted by molar-refractivity contribution is -0.120. The van der Waals surface area contributed by atoms with Crippen LogP contribution in [0.3, 0.4) is 0 Å². The summed E-state index contributed by atoms with van der Waals surface area (Å²) in [5.41, 5.74) is 5.56. The van der Waals surface area contributed by atoms with Crippen LogP contribution in [-0.2, 0) is 24.1 Å². The average molecular weight is 314 g/mol. The van der Waals surface area contributed by atoms with Crippen LogP contribution in [0, 0.1) is 0 Å². The molecule has 0 aliphatic heterocycles. The number of carbonyl (C=O) groups excluding carboxylic acids is 1. The molecule has 0 radical (unpaired) electrons. The standard InChI is InChI=1S/C17H22N4O.CH4/c1-21(2)16-10-9-15(12-19-16)8-5-13-3-6-14(7-4-13)11-17(22)20-18;/h3-4,6-7,9-10,12H,5,8,11,18H2,1-2H3,(H,20,22);1H4. The van der Waals surface area contributed by atoms with E-state index >= 15 is 0 Å². The molecule has 0 aliphatic carbocycles. The lowest BCUT2D eigenvalue weighted by Gasteiger charge is -2.11. The molecule has 0 saturated carbocycles. The third-order valence-corrected chi connectivity index (χ3v) is 3.52. The zero-order chi connectivity index (χ0) is 15.9. The summed E-state index contributed by atoms with van der Waals surface area (Å²) in [4.78, 5) is 17.6. The van der Waals surface area contributed by atoms with Crippen LogP contribution in [0.4, 0.5) is 5.82 Å². The van der Waals surface area contributed by atoms with Gasteiger partial charge in [0.15, 0.2) is 0 Å². The maximum Gasteiger partial charge on any atom is 0.238 e. The molecule has 0 aliphatic rings. The smallest absolute Gasteiger partial charge is 0.238 e. The molecule has 1 aromatic heterocycles. The summed E-state index contributed by atoms with van der Waals surface area (Å²) < 4.78 is 0. The van der Waals surface area contributed by atoms with Crippen LogP contribution in [0.25, 0.3) is 0 Å². The number of benzene rings is 1. The number of nitrogens with one attached hydrogen (secondary N) is 1. The summed E-state index contributed by atoms with van der Waals surface area (Å²) in [5.74, 6) is 5.87. The second-order valence-corrected chi connectivity index (χ2v) is 5.48. The van der Waals surface area contributed by atoms with E-state index in [9.17, 15) is 4.79 Å². The van der Waals surface area contributed by atoms with Gasteiger partial charge in [0.25, 0.3) is 0 Å². The number of rotatable bonds is 6. The zero-order valence-electron chi connectivity index (χ0n) is 13.0. The number of hydrogen-bond donors (Lipinski definition) is 2. The Labute approximate surface area is 138 Å². The quantitative estimate of drug-likeness (QED) is 0.487. The van der Waals surface area contributed by atoms with Gasteiger partial charge >= 0.3 is 0 Å². The third-order valence-electron chi connectivity index (χ3n) is 3.52. The predicted molar refractivity (Wildman–Crippen MR) is 95.2 cm³/mol. The van der Waals surface area contributed by atoms with E-state index in [2.05, 4.69) is 28.6 Å². The summed E-state index contributed by atoms with van der Waals surface area (Å²) >= 11 is 0. The van der Waals surface area contributed by atoms with Crippen molar-refractivity contribution in [2.75, 3.05) is 19.0 Å². The number of aromatic nitrogens is 1. The Bertz CT molecular complexity index is 606. The first kappa shape index (κ1) is 18.6. The van der Waals surface area contributed by atoms with Crippen LogP contribution in [0.5, 0.6) is 0 Å². The first-order chi connectivity index (χ1) is 10.6. The number of pyridine rings is 1. The van der Waals surface area contributed by atoms with Crippen molar-refractivity contribution in [3.05, 3.63) is 59.3 Å². The topological polar surface area (TPSA) is 71.2 Å². The van der Waals surface area contributed by atoms with E-state index < -0.39 is 0 Å². The van der Waals surface area contributed by atoms with Gasteiger partial charge in [-0.05, 0) is 35.6 Å². The predicted octanol–water partition coefficient (Wildman–Crippen LogP) is 2.10. The molecule has 23 heavy (non-hydrogen) atoms. The monoisotopic (exact) mass is 314 g/mol. The Kier molecular flexibility index (Phi) is 7.22. The van der Waals surface area contributed by atoms with E-state index in [1.807, 2.05) is 43.4 Å². The molecule has 0 fully saturated rings. The van der Waals surface area contributed by atoms with Gasteiger partial charge in [-0.15, -0.1) is 0 Å². The van der Waals surface area contributed by atoms with Crippen LogP contribution in [-0.4, -0.2) is 25.0 Å². The molecule has 0 atom stereocenters. The molecule has 124 valence electrons. The number of nitrogens with zero attached hydrogens (tertiary/aromatic N) is 2. The first-order valence-corrected chi connectivity index (χ1v) is 7.28. The molecule has 2 aromatic rings. The van der Waals surface area contributed by atoms with Gasteiger partial charge in [0.1, 0.15) is 5.82 Å². The first-order valence-electron chi connectivity index (χ1n) is 7.28. The zero-order valence-corrected chi connectivity index (χ0v) is 13.0. The molecule has 5 heteroatoms. The number of hydrogen-bond acceptors (Lipinski definition) is 4. The van der Waals surface area contributed by atoms with Crippen molar-refractivity contribution in [1.82, 2.24) is 10.4 Å². The number of aryl methyl sites for hydroxylation is 2. The van der Waals surface area contributed by atoms with E-state index in [0.29, 0.717) is 6.42 Å². The molecular formula is C18H26N4O. The Morgan fingerprint density at radius 2 is 1.61 bits per heavy atom. The van der Waals surface area contributed by atoms with E-state index in [1.165, 1.54) is 11.1 Å². The molecule has 3 N–H and O–H groups in total. The highest BCUT2D eigenvalue weighted by molar-refractivity contribution is 5.77. The van der Waals surface area contributed by atoms with Gasteiger partial charge in [0.2, 0.25) is 5.91 Å². The largest absolute Gasteiger partial charge is 0.363 e. The molecule has 0 bridgehead atoms. The number of carbonyl (C=O) groups is 1. The summed E-state index contributed by atoms with van der Waals surface area (Å²) in [6.07, 6.45) is 4.14. The van der Waals surface area contributed by atoms with Gasteiger partial charge in [-0.3, -0.25) is 10.2 Å². The Morgan fingerprint density at radius 3 is 2.13 bits per heavy atom. The minimum atomic E-state index is -0.181. The van der Waals surface area contributed by atoms with Crippen LogP contribution in [0.2, 0.25) is 0 Å². The molecular weight excluding hydrogens is 288 g/mol. The summed E-state index contributed by atoms with van der Waals surface area (Å²) in [6, 6.07) is 12.2. The van der Waals surface area contributed by atoms with Gasteiger partial charge in [-0.1, -0.05) is 37.8 Å². The van der Waals surface area contributed by atoms with Crippen molar-refractivity contribution in [3.8, 4) is 0 Å². The molecule has 0 unspecified atom stereocenters. The second kappa shape index (κ2) is 8.90. The second-order valence-electron chi connectivity index (χ2n) is 5.48. The van der Waals surface area contributed by atoms with Gasteiger partial charge in [0.05, 0.1) is 6.42 Å². The van der Waals surface area contributed by atoms with Crippen LogP contribution < -0.4 is 16.2 Å². The van der Waals surface area contributed by atoms with Crippen LogP contribution in [0.15, 0.2) is 42.6 Å². The fourth-order valence-electron chi connectivity index (χ4n) is 2.18. The highest BCUT2D eigenvalue weighted by atomic mass is 16.2. The number of anilines is 1. The lowest BCUT2D eigenvalue weighted by Crippen LogP contribution is -2.31. The fourth-order valence-corrected chi connectivity index (χ4v) is 2.18. The van der Waals surface area contributed by atoms with E-state index in [-0.39, 0.29) is 13.3 Å². The molecule has 2 rings (SSSR count). The molecule has 1 amide bonds. The van der Waals surface area contributed by atoms with Gasteiger partial charge in [0, 0.05) is 20.3 Å². The van der Waals surface area contributed by atoms with Crippen LogP contribution in [0.1, 0.15) is 24.1 Å². The van der Waals surface area contributed by atoms with E-state index in [1.54, 1.807) is 0 Å². The SMILES string of the molecule is C.CN(C)c1ccc(CCc2ccc(CC(=O)NN)cc2)cn1. The minimum absolute atomic E-state index is 0. The maximum absolute atomic E-state index is 11.2. The van der Waals surface area contributed by atoms with Crippen molar-refractivity contribution in [2.24, 2.45) is 5.84 Å². The highest BCUT2D eigenvalue weighted by Gasteiger charge is 2.02. The summed E-state index contributed by atoms with van der Waals surface area (Å²) in [5, 5.41) is 0. The van der Waals surface area contributed by atoms with Crippen molar-refractivity contribution in [2.45, 2.75) is 26.7 Å². The Balaban J connectivity index is 0.00000264. The highest BCUT2D eigenvalue weighted by Crippen LogP contribution is 2.12. The third kappa shape index (κ3) is 5.71. The summed E-state index contributed by atoms with van der Waals surface area (Å²) in [6.45, 7) is 0. The van der Waals surface area contributed by atoms with E-state index in [4.69, 9.17) is 5.84 Å². The Morgan fingerprint density at radius 1 is 1.04 bits per heavy atom. The lowest BCUT2D eigenvalue weighted by atomic mass is 10.0. The molecule has 1 heterocycles. The minimum Gasteiger partial charge on any atom is -0.363 e. The van der Waals surface area contributed by atoms with Crippen molar-refractivity contribution < 1.29 is 4.79 Å². The molecule has 1 aromatic carbocycles. The Hall–Kier alpha value is -2.40. The molecule has 0 saturated heterocycles. The van der Waals surface area contributed by atoms with E-state index in [0.717, 1.165) is 24.2 Å². The van der Waals surface area contributed by atoms with Crippen molar-refractivity contribution >= 4 is 11.7 Å². The van der Waals surface area contributed by atoms with Crippen molar-refractivity contribution in [1.29, 1.82) is 0 Å². The normalized spacial score (nSPS) is 9.87.